The van der Waals surface area contributed by atoms with Gasteiger partial charge in [-0.1, -0.05) is 100 Å². The van der Waals surface area contributed by atoms with Crippen LogP contribution in [0.15, 0.2) is 64.7 Å². The number of amides is 3. The number of carbonyl (C=O) groups is 4. The molecular formula is C24H13Cl7N2O4. The number of carbonyl (C=O) groups excluding carboxylic acids is 4. The first-order chi connectivity index (χ1) is 17.3. The molecule has 6 nitrogen and oxygen atoms in total. The van der Waals surface area contributed by atoms with E-state index < -0.39 is 56.0 Å². The van der Waals surface area contributed by atoms with E-state index in [1.807, 2.05) is 0 Å². The summed E-state index contributed by atoms with van der Waals surface area (Å²) in [5.41, 5.74) is 0.194. The maximum absolute atomic E-state index is 13.8. The summed E-state index contributed by atoms with van der Waals surface area (Å²) < 4.78 is -2.14. The third-order valence-corrected chi connectivity index (χ3v) is 11.4. The van der Waals surface area contributed by atoms with Crippen molar-refractivity contribution in [2.24, 2.45) is 11.8 Å². The van der Waals surface area contributed by atoms with E-state index in [9.17, 15) is 19.2 Å². The summed E-state index contributed by atoms with van der Waals surface area (Å²) in [5, 5.41) is 0.748. The van der Waals surface area contributed by atoms with E-state index in [4.69, 9.17) is 81.2 Å². The smallest absolute Gasteiger partial charge is 0.274 e. The van der Waals surface area contributed by atoms with Crippen LogP contribution >= 0.6 is 81.2 Å². The van der Waals surface area contributed by atoms with Gasteiger partial charge >= 0.3 is 0 Å². The van der Waals surface area contributed by atoms with E-state index in [-0.39, 0.29) is 26.2 Å². The number of allylic oxidation sites excluding steroid dienone is 2. The van der Waals surface area contributed by atoms with Gasteiger partial charge < -0.3 is 0 Å². The van der Waals surface area contributed by atoms with Gasteiger partial charge in [0.1, 0.15) is 16.3 Å². The van der Waals surface area contributed by atoms with Gasteiger partial charge in [0.15, 0.2) is 10.1 Å². The lowest BCUT2D eigenvalue weighted by molar-refractivity contribution is -0.154. The molecule has 1 heterocycles. The molecule has 37 heavy (non-hydrogen) atoms. The number of Topliss-reactive ketones (excluding diaryl/α,β-unsaturated/α-hetero) is 1. The summed E-state index contributed by atoms with van der Waals surface area (Å²) in [6.45, 7) is -0.683. The second kappa shape index (κ2) is 9.02. The molecule has 1 saturated carbocycles. The fraction of sp³-hybridized carbons (Fsp3) is 0.250. The summed E-state index contributed by atoms with van der Waals surface area (Å²) in [7, 11) is 0. The third-order valence-electron chi connectivity index (χ3n) is 6.85. The number of halogens is 7. The molecule has 0 radical (unpaired) electrons. The van der Waals surface area contributed by atoms with Crippen LogP contribution in [0.4, 0.5) is 0 Å². The Morgan fingerprint density at radius 1 is 0.784 bits per heavy atom. The topological polar surface area (TPSA) is 74.8 Å². The molecule has 0 unspecified atom stereocenters. The molecule has 4 atom stereocenters. The lowest BCUT2D eigenvalue weighted by Gasteiger charge is -2.36. The van der Waals surface area contributed by atoms with Crippen molar-refractivity contribution in [2.75, 3.05) is 6.54 Å². The van der Waals surface area contributed by atoms with Gasteiger partial charge in [-0.15, -0.1) is 23.2 Å². The molecule has 13 heteroatoms. The normalized spacial score (nSPS) is 29.6. The molecule has 2 bridgehead atoms. The summed E-state index contributed by atoms with van der Waals surface area (Å²) in [6, 6.07) is 14.0. The standard InChI is InChI=1S/C24H13Cl7N2O4/c25-13-9-5-4-8-12(13)19(35)32(10-14(34)11-6-2-1-3-7-11)33-20(36)15-16(21(33)37)23(29)18(27)17(26)22(15,28)24(23,30)31/h1-9,15-16H,10H2/t15-,16+,22-,23-/m1/s1. The van der Waals surface area contributed by atoms with Crippen molar-refractivity contribution in [1.29, 1.82) is 0 Å². The molecule has 192 valence electrons. The van der Waals surface area contributed by atoms with Gasteiger partial charge in [-0.05, 0) is 12.1 Å². The van der Waals surface area contributed by atoms with Crippen molar-refractivity contribution in [3.8, 4) is 0 Å². The van der Waals surface area contributed by atoms with Crippen LogP contribution in [-0.4, -0.2) is 54.1 Å². The van der Waals surface area contributed by atoms with Gasteiger partial charge in [-0.25, -0.2) is 5.01 Å². The zero-order valence-electron chi connectivity index (χ0n) is 18.2. The number of imide groups is 1. The van der Waals surface area contributed by atoms with Crippen LogP contribution in [0.5, 0.6) is 0 Å². The highest BCUT2D eigenvalue weighted by Gasteiger charge is 2.88. The molecule has 5 rings (SSSR count). The molecule has 3 aliphatic rings. The molecule has 1 saturated heterocycles. The van der Waals surface area contributed by atoms with Crippen LogP contribution in [0.2, 0.25) is 5.02 Å². The Balaban J connectivity index is 1.61. The van der Waals surface area contributed by atoms with Crippen molar-refractivity contribution < 1.29 is 19.2 Å². The van der Waals surface area contributed by atoms with Crippen molar-refractivity contribution in [3.05, 3.63) is 80.8 Å². The largest absolute Gasteiger partial charge is 0.292 e. The molecule has 2 aromatic carbocycles. The summed E-state index contributed by atoms with van der Waals surface area (Å²) in [6.07, 6.45) is 0. The summed E-state index contributed by atoms with van der Waals surface area (Å²) >= 11 is 45.5. The number of hydrogen-bond acceptors (Lipinski definition) is 4. The third kappa shape index (κ3) is 3.40. The average Bonchev–Trinajstić information content (AvgIpc) is 3.26. The van der Waals surface area contributed by atoms with Crippen molar-refractivity contribution >= 4 is 105 Å². The predicted octanol–water partition coefficient (Wildman–Crippen LogP) is 6.03. The average molecular weight is 642 g/mol. The minimum Gasteiger partial charge on any atom is -0.292 e. The highest BCUT2D eigenvalue weighted by atomic mass is 35.5. The zero-order chi connectivity index (χ0) is 27.1. The SMILES string of the molecule is O=C(CN(C(=O)c1ccccc1Cl)N1C(=O)[C@@H]2[C@H](C1=O)[C@@]1(Cl)C(Cl)=C(Cl)[C@@]2(Cl)C1(Cl)Cl)c1ccccc1. The van der Waals surface area contributed by atoms with E-state index in [0.717, 1.165) is 0 Å². The van der Waals surface area contributed by atoms with Gasteiger partial charge in [0.25, 0.3) is 17.7 Å². The second-order valence-electron chi connectivity index (χ2n) is 8.70. The predicted molar refractivity (Wildman–Crippen MR) is 142 cm³/mol. The Morgan fingerprint density at radius 3 is 1.78 bits per heavy atom. The maximum atomic E-state index is 13.8. The lowest BCUT2D eigenvalue weighted by atomic mass is 9.84. The highest BCUT2D eigenvalue weighted by molar-refractivity contribution is 6.66. The van der Waals surface area contributed by atoms with Crippen LogP contribution < -0.4 is 0 Å². The number of ketones is 1. The van der Waals surface area contributed by atoms with Crippen LogP contribution in [0.3, 0.4) is 0 Å². The number of alkyl halides is 4. The van der Waals surface area contributed by atoms with E-state index in [1.165, 1.54) is 24.3 Å². The van der Waals surface area contributed by atoms with E-state index in [0.29, 0.717) is 10.0 Å². The van der Waals surface area contributed by atoms with Crippen LogP contribution in [0.25, 0.3) is 0 Å². The molecule has 2 fully saturated rings. The summed E-state index contributed by atoms with van der Waals surface area (Å²) in [5.74, 6) is -6.33. The zero-order valence-corrected chi connectivity index (χ0v) is 23.5. The molecule has 2 aromatic rings. The number of nitrogens with zero attached hydrogens (tertiary/aromatic N) is 2. The Labute approximate surface area is 245 Å². The number of benzene rings is 2. The van der Waals surface area contributed by atoms with Crippen molar-refractivity contribution in [2.45, 2.75) is 14.1 Å². The fourth-order valence-electron chi connectivity index (χ4n) is 5.08. The van der Waals surface area contributed by atoms with Gasteiger partial charge in [-0.2, -0.15) is 5.01 Å². The molecule has 0 aromatic heterocycles. The second-order valence-corrected chi connectivity index (χ2v) is 12.4. The van der Waals surface area contributed by atoms with Crippen molar-refractivity contribution in [1.82, 2.24) is 10.0 Å². The number of fused-ring (bicyclic) bond motifs is 5. The number of hydrogen-bond donors (Lipinski definition) is 0. The highest BCUT2D eigenvalue weighted by Crippen LogP contribution is 2.77. The van der Waals surface area contributed by atoms with Gasteiger partial charge in [0, 0.05) is 5.56 Å². The first kappa shape index (κ1) is 27.1. The van der Waals surface area contributed by atoms with Crippen LogP contribution in [-0.2, 0) is 9.59 Å². The summed E-state index contributed by atoms with van der Waals surface area (Å²) in [4.78, 5) is 50.4. The van der Waals surface area contributed by atoms with Gasteiger partial charge in [0.2, 0.25) is 0 Å². The number of hydrazine groups is 1. The maximum Gasteiger partial charge on any atom is 0.274 e. The van der Waals surface area contributed by atoms with Crippen LogP contribution in [0.1, 0.15) is 20.7 Å². The molecule has 0 spiro atoms. The Kier molecular flexibility index (Phi) is 6.60. The Hall–Kier alpha value is -1.51. The molecule has 0 N–H and O–H groups in total. The first-order valence-corrected chi connectivity index (χ1v) is 13.3. The minimum atomic E-state index is -2.14. The molecule has 3 amide bonds. The van der Waals surface area contributed by atoms with E-state index >= 15 is 0 Å². The molecular weight excluding hydrogens is 628 g/mol. The monoisotopic (exact) mass is 638 g/mol. The van der Waals surface area contributed by atoms with Gasteiger partial charge in [0.05, 0.1) is 32.5 Å². The number of rotatable bonds is 5. The van der Waals surface area contributed by atoms with E-state index in [2.05, 4.69) is 0 Å². The quantitative estimate of drug-likeness (QED) is 0.227. The molecule has 1 aliphatic heterocycles. The molecule has 2 aliphatic carbocycles. The Bertz CT molecular complexity index is 1370. The fourth-order valence-corrected chi connectivity index (χ4v) is 8.22. The van der Waals surface area contributed by atoms with Crippen LogP contribution in [0, 0.1) is 11.8 Å². The van der Waals surface area contributed by atoms with Crippen molar-refractivity contribution in [3.63, 3.8) is 0 Å². The first-order valence-electron chi connectivity index (χ1n) is 10.7. The lowest BCUT2D eigenvalue weighted by Crippen LogP contribution is -2.56. The Morgan fingerprint density at radius 2 is 1.27 bits per heavy atom. The van der Waals surface area contributed by atoms with Gasteiger partial charge in [-0.3, -0.25) is 19.2 Å². The van der Waals surface area contributed by atoms with E-state index in [1.54, 1.807) is 30.3 Å². The minimum absolute atomic E-state index is 0.0416.